The van der Waals surface area contributed by atoms with Gasteiger partial charge in [0.2, 0.25) is 6.23 Å². The molecule has 5 nitrogen and oxygen atoms in total. The van der Waals surface area contributed by atoms with Gasteiger partial charge in [-0.15, -0.1) is 11.3 Å². The Labute approximate surface area is 180 Å². The van der Waals surface area contributed by atoms with Crippen molar-refractivity contribution >= 4 is 38.9 Å². The lowest BCUT2D eigenvalue weighted by Gasteiger charge is -2.38. The average molecular weight is 469 g/mol. The first kappa shape index (κ1) is 18.4. The predicted octanol–water partition coefficient (Wildman–Crippen LogP) is 5.54. The molecule has 0 bridgehead atoms. The molecule has 2 unspecified atom stereocenters. The number of thiophene rings is 1. The minimum atomic E-state index is -0.363. The Morgan fingerprint density at radius 3 is 2.79 bits per heavy atom. The number of ether oxygens (including phenoxy) is 2. The monoisotopic (exact) mass is 468 g/mol. The third-order valence-electron chi connectivity index (χ3n) is 5.17. The van der Waals surface area contributed by atoms with Gasteiger partial charge in [0.15, 0.2) is 0 Å². The summed E-state index contributed by atoms with van der Waals surface area (Å²) in [5.74, 6) is 0.507. The van der Waals surface area contributed by atoms with Crippen molar-refractivity contribution in [3.05, 3.63) is 86.0 Å². The number of rotatable bonds is 3. The van der Waals surface area contributed by atoms with E-state index in [0.717, 1.165) is 33.5 Å². The minimum absolute atomic E-state index is 0.0960. The van der Waals surface area contributed by atoms with Gasteiger partial charge in [0.05, 0.1) is 29.3 Å². The molecular weight excluding hydrogens is 452 g/mol. The maximum absolute atomic E-state index is 11.8. The number of benzene rings is 2. The summed E-state index contributed by atoms with van der Waals surface area (Å²) in [6, 6.07) is 17.7. The molecule has 2 atom stereocenters. The molecule has 0 spiro atoms. The molecule has 7 heteroatoms. The summed E-state index contributed by atoms with van der Waals surface area (Å²) < 4.78 is 12.2. The average Bonchev–Trinajstić information content (AvgIpc) is 3.43. The first-order valence-electron chi connectivity index (χ1n) is 9.18. The number of methoxy groups -OCH3 is 1. The quantitative estimate of drug-likeness (QED) is 0.473. The number of halogens is 1. The van der Waals surface area contributed by atoms with E-state index in [1.54, 1.807) is 23.5 Å². The molecule has 2 aliphatic rings. The van der Waals surface area contributed by atoms with Crippen LogP contribution in [0.15, 0.2) is 69.6 Å². The zero-order valence-corrected chi connectivity index (χ0v) is 17.9. The van der Waals surface area contributed by atoms with Gasteiger partial charge >= 0.3 is 5.97 Å². The first-order chi connectivity index (χ1) is 14.1. The lowest BCUT2D eigenvalue weighted by Crippen LogP contribution is -2.33. The normalized spacial score (nSPS) is 19.8. The SMILES string of the molecule is COC(=O)c1ccc(C2Oc3ccc(Br)cc3C3CC(c4cccs4)=NN32)cc1. The van der Waals surface area contributed by atoms with Crippen LogP contribution in [-0.4, -0.2) is 23.8 Å². The Morgan fingerprint density at radius 2 is 2.07 bits per heavy atom. The van der Waals surface area contributed by atoms with Gasteiger partial charge in [-0.3, -0.25) is 0 Å². The van der Waals surface area contributed by atoms with Crippen LogP contribution in [0.3, 0.4) is 0 Å². The third-order valence-corrected chi connectivity index (χ3v) is 6.59. The van der Waals surface area contributed by atoms with Gasteiger partial charge in [-0.05, 0) is 41.8 Å². The standard InChI is InChI=1S/C22H17BrN2O3S/c1-27-22(26)14-6-4-13(5-7-14)21-25-18(12-17(24-25)20-3-2-10-29-20)16-11-15(23)8-9-19(16)28-21/h2-11,18,21H,12H2,1H3. The van der Waals surface area contributed by atoms with Gasteiger partial charge in [-0.2, -0.15) is 5.10 Å². The van der Waals surface area contributed by atoms with Crippen molar-refractivity contribution in [3.63, 3.8) is 0 Å². The van der Waals surface area contributed by atoms with Crippen LogP contribution >= 0.6 is 27.3 Å². The summed E-state index contributed by atoms with van der Waals surface area (Å²) in [6.45, 7) is 0. The third kappa shape index (κ3) is 3.24. The zero-order chi connectivity index (χ0) is 20.0. The lowest BCUT2D eigenvalue weighted by atomic mass is 9.97. The van der Waals surface area contributed by atoms with E-state index in [9.17, 15) is 4.79 Å². The predicted molar refractivity (Wildman–Crippen MR) is 115 cm³/mol. The van der Waals surface area contributed by atoms with E-state index >= 15 is 0 Å². The van der Waals surface area contributed by atoms with Crippen molar-refractivity contribution in [1.82, 2.24) is 5.01 Å². The van der Waals surface area contributed by atoms with Gasteiger partial charge < -0.3 is 9.47 Å². The molecule has 0 aliphatic carbocycles. The molecule has 5 rings (SSSR count). The zero-order valence-electron chi connectivity index (χ0n) is 15.5. The van der Waals surface area contributed by atoms with Crippen molar-refractivity contribution in [2.45, 2.75) is 18.7 Å². The van der Waals surface area contributed by atoms with E-state index in [1.807, 2.05) is 35.3 Å². The maximum atomic E-state index is 11.8. The fourth-order valence-electron chi connectivity index (χ4n) is 3.77. The molecular formula is C22H17BrN2O3S. The Balaban J connectivity index is 1.56. The summed E-state index contributed by atoms with van der Waals surface area (Å²) in [4.78, 5) is 12.9. The van der Waals surface area contributed by atoms with E-state index in [4.69, 9.17) is 14.6 Å². The van der Waals surface area contributed by atoms with Crippen LogP contribution in [0.2, 0.25) is 0 Å². The van der Waals surface area contributed by atoms with Crippen LogP contribution in [0.1, 0.15) is 45.1 Å². The number of carbonyl (C=O) groups excluding carboxylic acids is 1. The van der Waals surface area contributed by atoms with Gasteiger partial charge in [0.25, 0.3) is 0 Å². The molecule has 0 radical (unpaired) electrons. The fraction of sp³-hybridized carbons (Fsp3) is 0.182. The molecule has 0 saturated carbocycles. The highest BCUT2D eigenvalue weighted by molar-refractivity contribution is 9.10. The largest absolute Gasteiger partial charge is 0.465 e. The highest BCUT2D eigenvalue weighted by atomic mass is 79.9. The van der Waals surface area contributed by atoms with Crippen LogP contribution in [0, 0.1) is 0 Å². The van der Waals surface area contributed by atoms with Crippen molar-refractivity contribution < 1.29 is 14.3 Å². The Hall–Kier alpha value is -2.64. The van der Waals surface area contributed by atoms with Crippen molar-refractivity contribution in [3.8, 4) is 5.75 Å². The Bertz CT molecular complexity index is 1100. The number of carbonyl (C=O) groups is 1. The van der Waals surface area contributed by atoms with Gasteiger partial charge in [0.1, 0.15) is 5.75 Å². The van der Waals surface area contributed by atoms with E-state index < -0.39 is 0 Å². The molecule has 3 aromatic rings. The van der Waals surface area contributed by atoms with Crippen LogP contribution in [0.5, 0.6) is 5.75 Å². The van der Waals surface area contributed by atoms with Crippen molar-refractivity contribution in [2.24, 2.45) is 5.10 Å². The Morgan fingerprint density at radius 1 is 1.24 bits per heavy atom. The van der Waals surface area contributed by atoms with Crippen molar-refractivity contribution in [1.29, 1.82) is 0 Å². The summed E-state index contributed by atoms with van der Waals surface area (Å²) in [6.07, 6.45) is 0.460. The first-order valence-corrected chi connectivity index (χ1v) is 10.9. The van der Waals surface area contributed by atoms with E-state index in [1.165, 1.54) is 12.0 Å². The summed E-state index contributed by atoms with van der Waals surface area (Å²) >= 11 is 5.27. The topological polar surface area (TPSA) is 51.1 Å². The number of hydrogen-bond donors (Lipinski definition) is 0. The number of hydrogen-bond acceptors (Lipinski definition) is 6. The van der Waals surface area contributed by atoms with Crippen LogP contribution in [0.25, 0.3) is 0 Å². The molecule has 0 amide bonds. The van der Waals surface area contributed by atoms with Gasteiger partial charge in [-0.25, -0.2) is 9.80 Å². The number of nitrogens with zero attached hydrogens (tertiary/aromatic N) is 2. The number of esters is 1. The van der Waals surface area contributed by atoms with Crippen LogP contribution < -0.4 is 4.74 Å². The second-order valence-electron chi connectivity index (χ2n) is 6.89. The molecule has 0 fully saturated rings. The van der Waals surface area contributed by atoms with Crippen LogP contribution in [0.4, 0.5) is 0 Å². The number of fused-ring (bicyclic) bond motifs is 3. The molecule has 1 aromatic heterocycles. The maximum Gasteiger partial charge on any atom is 0.337 e. The molecule has 146 valence electrons. The van der Waals surface area contributed by atoms with E-state index in [2.05, 4.69) is 33.4 Å². The lowest BCUT2D eigenvalue weighted by molar-refractivity contribution is -0.0191. The van der Waals surface area contributed by atoms with Crippen molar-refractivity contribution in [2.75, 3.05) is 7.11 Å². The highest BCUT2D eigenvalue weighted by Gasteiger charge is 2.41. The second kappa shape index (κ2) is 7.31. The molecule has 2 aliphatic heterocycles. The minimum Gasteiger partial charge on any atom is -0.465 e. The smallest absolute Gasteiger partial charge is 0.337 e. The number of hydrazone groups is 1. The second-order valence-corrected chi connectivity index (χ2v) is 8.75. The molecule has 2 aromatic carbocycles. The van der Waals surface area contributed by atoms with E-state index in [0.29, 0.717) is 5.56 Å². The van der Waals surface area contributed by atoms with Gasteiger partial charge in [-0.1, -0.05) is 34.1 Å². The highest BCUT2D eigenvalue weighted by Crippen LogP contribution is 2.48. The molecule has 0 saturated heterocycles. The Kier molecular flexibility index (Phi) is 4.64. The summed E-state index contributed by atoms with van der Waals surface area (Å²) in [5.41, 5.74) is 3.64. The molecule has 29 heavy (non-hydrogen) atoms. The molecule has 3 heterocycles. The fourth-order valence-corrected chi connectivity index (χ4v) is 4.87. The van der Waals surface area contributed by atoms with E-state index in [-0.39, 0.29) is 18.2 Å². The van der Waals surface area contributed by atoms with Gasteiger partial charge in [0, 0.05) is 22.0 Å². The molecule has 0 N–H and O–H groups in total. The summed E-state index contributed by atoms with van der Waals surface area (Å²) in [7, 11) is 1.38. The summed E-state index contributed by atoms with van der Waals surface area (Å²) in [5, 5.41) is 9.05. The van der Waals surface area contributed by atoms with Crippen LogP contribution in [-0.2, 0) is 4.74 Å².